The highest BCUT2D eigenvalue weighted by Gasteiger charge is 2.25. The van der Waals surface area contributed by atoms with Gasteiger partial charge in [0.2, 0.25) is 10.0 Å². The van der Waals surface area contributed by atoms with E-state index in [0.717, 1.165) is 24.3 Å². The summed E-state index contributed by atoms with van der Waals surface area (Å²) in [5.41, 5.74) is 3.09. The summed E-state index contributed by atoms with van der Waals surface area (Å²) in [6.07, 6.45) is 1.84. The van der Waals surface area contributed by atoms with Gasteiger partial charge in [0.15, 0.2) is 0 Å². The lowest BCUT2D eigenvalue weighted by molar-refractivity contribution is 0.102. The standard InChI is InChI=1S/C25H26N2O3S2/c28-25(22-12-8-21(9-13-22)19-32(29,30)27-16-4-5-17-27)26-23-14-10-20(11-15-23)18-31-24-6-2-1-3-7-24/h1-3,6-15H,4-5,16-19H2,(H,26,28). The maximum Gasteiger partial charge on any atom is 0.255 e. The van der Waals surface area contributed by atoms with Crippen molar-refractivity contribution in [1.29, 1.82) is 0 Å². The normalized spacial score (nSPS) is 14.4. The maximum atomic E-state index is 12.6. The zero-order valence-corrected chi connectivity index (χ0v) is 19.4. The summed E-state index contributed by atoms with van der Waals surface area (Å²) in [6.45, 7) is 1.21. The summed E-state index contributed by atoms with van der Waals surface area (Å²) in [6, 6.07) is 24.8. The summed E-state index contributed by atoms with van der Waals surface area (Å²) in [4.78, 5) is 13.8. The summed E-state index contributed by atoms with van der Waals surface area (Å²) in [5.74, 6) is 0.613. The van der Waals surface area contributed by atoms with E-state index >= 15 is 0 Å². The molecule has 7 heteroatoms. The fourth-order valence-corrected chi connectivity index (χ4v) is 6.08. The lowest BCUT2D eigenvalue weighted by atomic mass is 10.1. The number of thioether (sulfide) groups is 1. The molecule has 5 nitrogen and oxygen atoms in total. The minimum absolute atomic E-state index is 0.0304. The molecule has 0 radical (unpaired) electrons. The van der Waals surface area contributed by atoms with Crippen molar-refractivity contribution in [3.05, 3.63) is 95.6 Å². The molecule has 1 saturated heterocycles. The number of rotatable bonds is 8. The maximum absolute atomic E-state index is 12.6. The van der Waals surface area contributed by atoms with E-state index in [4.69, 9.17) is 0 Å². The zero-order chi connectivity index (χ0) is 22.4. The SMILES string of the molecule is O=C(Nc1ccc(CSc2ccccc2)cc1)c1ccc(CS(=O)(=O)N2CCCC2)cc1. The van der Waals surface area contributed by atoms with Crippen LogP contribution in [0.15, 0.2) is 83.8 Å². The Morgan fingerprint density at radius 1 is 0.844 bits per heavy atom. The van der Waals surface area contributed by atoms with E-state index in [1.807, 2.05) is 42.5 Å². The molecule has 32 heavy (non-hydrogen) atoms. The number of amides is 1. The molecule has 0 unspecified atom stereocenters. The van der Waals surface area contributed by atoms with Crippen LogP contribution >= 0.6 is 11.8 Å². The van der Waals surface area contributed by atoms with Gasteiger partial charge in [-0.25, -0.2) is 12.7 Å². The summed E-state index contributed by atoms with van der Waals surface area (Å²) in [7, 11) is -3.29. The van der Waals surface area contributed by atoms with Crippen molar-refractivity contribution >= 4 is 33.4 Å². The van der Waals surface area contributed by atoms with Gasteiger partial charge in [-0.3, -0.25) is 4.79 Å². The molecule has 1 heterocycles. The molecule has 0 bridgehead atoms. The smallest absolute Gasteiger partial charge is 0.255 e. The molecule has 0 atom stereocenters. The van der Waals surface area contributed by atoms with Gasteiger partial charge in [-0.1, -0.05) is 42.5 Å². The topological polar surface area (TPSA) is 66.5 Å². The molecule has 1 N–H and O–H groups in total. The highest BCUT2D eigenvalue weighted by atomic mass is 32.2. The number of anilines is 1. The van der Waals surface area contributed by atoms with Crippen molar-refractivity contribution in [3.8, 4) is 0 Å². The first-order chi connectivity index (χ1) is 15.5. The number of carbonyl (C=O) groups is 1. The minimum atomic E-state index is -3.29. The van der Waals surface area contributed by atoms with Crippen LogP contribution in [0, 0.1) is 0 Å². The molecule has 0 spiro atoms. The first-order valence-corrected chi connectivity index (χ1v) is 13.2. The second kappa shape index (κ2) is 10.3. The Morgan fingerprint density at radius 2 is 1.47 bits per heavy atom. The van der Waals surface area contributed by atoms with Crippen LogP contribution in [-0.2, 0) is 21.5 Å². The second-order valence-electron chi connectivity index (χ2n) is 7.81. The fraction of sp³-hybridized carbons (Fsp3) is 0.240. The largest absolute Gasteiger partial charge is 0.322 e. The van der Waals surface area contributed by atoms with E-state index in [2.05, 4.69) is 17.4 Å². The molecule has 0 aromatic heterocycles. The molecular weight excluding hydrogens is 440 g/mol. The molecule has 4 rings (SSSR count). The lowest BCUT2D eigenvalue weighted by Gasteiger charge is -2.15. The van der Waals surface area contributed by atoms with E-state index in [1.165, 1.54) is 10.5 Å². The number of hydrogen-bond acceptors (Lipinski definition) is 4. The molecule has 1 aliphatic rings. The van der Waals surface area contributed by atoms with Crippen LogP contribution in [0.4, 0.5) is 5.69 Å². The fourth-order valence-electron chi connectivity index (χ4n) is 3.59. The molecule has 166 valence electrons. The highest BCUT2D eigenvalue weighted by molar-refractivity contribution is 7.98. The molecule has 1 amide bonds. The van der Waals surface area contributed by atoms with Gasteiger partial charge in [0, 0.05) is 35.0 Å². The monoisotopic (exact) mass is 466 g/mol. The Balaban J connectivity index is 1.31. The van der Waals surface area contributed by atoms with E-state index in [1.54, 1.807) is 40.3 Å². The summed E-state index contributed by atoms with van der Waals surface area (Å²) < 4.78 is 26.5. The van der Waals surface area contributed by atoms with Gasteiger partial charge in [0.05, 0.1) is 5.75 Å². The van der Waals surface area contributed by atoms with Crippen molar-refractivity contribution in [1.82, 2.24) is 4.31 Å². The van der Waals surface area contributed by atoms with Crippen molar-refractivity contribution in [2.24, 2.45) is 0 Å². The first-order valence-electron chi connectivity index (χ1n) is 10.6. The third-order valence-electron chi connectivity index (χ3n) is 5.38. The van der Waals surface area contributed by atoms with Crippen LogP contribution in [0.3, 0.4) is 0 Å². The van der Waals surface area contributed by atoms with Gasteiger partial charge in [-0.2, -0.15) is 0 Å². The van der Waals surface area contributed by atoms with Gasteiger partial charge in [0.1, 0.15) is 0 Å². The number of sulfonamides is 1. The quantitative estimate of drug-likeness (QED) is 0.466. The average molecular weight is 467 g/mol. The number of benzene rings is 3. The lowest BCUT2D eigenvalue weighted by Crippen LogP contribution is -2.29. The molecule has 1 aliphatic heterocycles. The first kappa shape index (κ1) is 22.6. The molecule has 0 aliphatic carbocycles. The van der Waals surface area contributed by atoms with Gasteiger partial charge >= 0.3 is 0 Å². The predicted molar refractivity (Wildman–Crippen MR) is 130 cm³/mol. The van der Waals surface area contributed by atoms with Gasteiger partial charge < -0.3 is 5.32 Å². The van der Waals surface area contributed by atoms with Crippen LogP contribution in [-0.4, -0.2) is 31.7 Å². The van der Waals surface area contributed by atoms with Gasteiger partial charge in [-0.05, 0) is 60.4 Å². The average Bonchev–Trinajstić information content (AvgIpc) is 3.36. The molecule has 1 fully saturated rings. The van der Waals surface area contributed by atoms with Crippen molar-refractivity contribution < 1.29 is 13.2 Å². The number of carbonyl (C=O) groups excluding carboxylic acids is 1. The van der Waals surface area contributed by atoms with Crippen LogP contribution in [0.5, 0.6) is 0 Å². The summed E-state index contributed by atoms with van der Waals surface area (Å²) in [5, 5.41) is 2.90. The summed E-state index contributed by atoms with van der Waals surface area (Å²) >= 11 is 1.77. The number of hydrogen-bond donors (Lipinski definition) is 1. The van der Waals surface area contributed by atoms with Crippen LogP contribution < -0.4 is 5.32 Å². The van der Waals surface area contributed by atoms with E-state index in [-0.39, 0.29) is 11.7 Å². The molecule has 3 aromatic carbocycles. The Kier molecular flexibility index (Phi) is 7.29. The van der Waals surface area contributed by atoms with E-state index in [0.29, 0.717) is 24.2 Å². The van der Waals surface area contributed by atoms with Crippen molar-refractivity contribution in [2.45, 2.75) is 29.2 Å². The number of nitrogens with one attached hydrogen (secondary N) is 1. The molecule has 0 saturated carbocycles. The van der Waals surface area contributed by atoms with Gasteiger partial charge in [-0.15, -0.1) is 11.8 Å². The highest BCUT2D eigenvalue weighted by Crippen LogP contribution is 2.23. The minimum Gasteiger partial charge on any atom is -0.322 e. The predicted octanol–water partition coefficient (Wildman–Crippen LogP) is 5.16. The van der Waals surface area contributed by atoms with Crippen LogP contribution in [0.2, 0.25) is 0 Å². The molecular formula is C25H26N2O3S2. The van der Waals surface area contributed by atoms with Crippen molar-refractivity contribution in [2.75, 3.05) is 18.4 Å². The van der Waals surface area contributed by atoms with E-state index < -0.39 is 10.0 Å². The Bertz CT molecular complexity index is 1140. The second-order valence-corrected chi connectivity index (χ2v) is 10.8. The Hall–Kier alpha value is -2.61. The van der Waals surface area contributed by atoms with Gasteiger partial charge in [0.25, 0.3) is 5.91 Å². The van der Waals surface area contributed by atoms with E-state index in [9.17, 15) is 13.2 Å². The van der Waals surface area contributed by atoms with Crippen LogP contribution in [0.25, 0.3) is 0 Å². The third kappa shape index (κ3) is 6.00. The zero-order valence-electron chi connectivity index (χ0n) is 17.7. The Labute approximate surface area is 193 Å². The van der Waals surface area contributed by atoms with Crippen molar-refractivity contribution in [3.63, 3.8) is 0 Å². The Morgan fingerprint density at radius 3 is 2.12 bits per heavy atom. The van der Waals surface area contributed by atoms with Crippen LogP contribution in [0.1, 0.15) is 34.3 Å². The molecule has 3 aromatic rings. The number of nitrogens with zero attached hydrogens (tertiary/aromatic N) is 1. The third-order valence-corrected chi connectivity index (χ3v) is 8.32.